The molecule has 0 N–H and O–H groups in total. The lowest BCUT2D eigenvalue weighted by Gasteiger charge is -2.25. The van der Waals surface area contributed by atoms with E-state index in [2.05, 4.69) is 17.1 Å². The Hall–Kier alpha value is -1.87. The first-order chi connectivity index (χ1) is 9.66. The molecule has 20 heavy (non-hydrogen) atoms. The normalized spacial score (nSPS) is 16.8. The smallest absolute Gasteiger partial charge is 0.254 e. The number of carbonyl (C=O) groups excluding carboxylic acids is 1. The molecule has 102 valence electrons. The van der Waals surface area contributed by atoms with Crippen LogP contribution in [0.25, 0.3) is 0 Å². The number of amides is 1. The van der Waals surface area contributed by atoms with Crippen molar-refractivity contribution in [2.75, 3.05) is 7.05 Å². The van der Waals surface area contributed by atoms with Crippen molar-refractivity contribution in [3.05, 3.63) is 64.4 Å². The van der Waals surface area contributed by atoms with E-state index in [1.807, 2.05) is 19.2 Å². The molecule has 3 rings (SSSR count). The second kappa shape index (κ2) is 5.25. The number of hydrogen-bond donors (Lipinski definition) is 0. The number of nitrogens with zero attached hydrogens (tertiary/aromatic N) is 2. The molecule has 1 heterocycles. The molecule has 0 bridgehead atoms. The Labute approximate surface area is 123 Å². The van der Waals surface area contributed by atoms with Crippen molar-refractivity contribution in [3.63, 3.8) is 0 Å². The summed E-state index contributed by atoms with van der Waals surface area (Å²) < 4.78 is 0. The Kier molecular flexibility index (Phi) is 3.45. The topological polar surface area (TPSA) is 33.2 Å². The van der Waals surface area contributed by atoms with Gasteiger partial charge in [-0.3, -0.25) is 4.79 Å². The maximum atomic E-state index is 12.5. The summed E-state index contributed by atoms with van der Waals surface area (Å²) in [5, 5.41) is 0.344. The van der Waals surface area contributed by atoms with E-state index < -0.39 is 0 Å². The minimum Gasteiger partial charge on any atom is -0.335 e. The lowest BCUT2D eigenvalue weighted by Crippen LogP contribution is -2.30. The van der Waals surface area contributed by atoms with E-state index in [4.69, 9.17) is 11.6 Å². The van der Waals surface area contributed by atoms with Gasteiger partial charge in [0.1, 0.15) is 5.15 Å². The molecule has 1 aliphatic rings. The van der Waals surface area contributed by atoms with Crippen molar-refractivity contribution in [1.29, 1.82) is 0 Å². The third-order valence-corrected chi connectivity index (χ3v) is 4.07. The number of carbonyl (C=O) groups is 1. The van der Waals surface area contributed by atoms with Gasteiger partial charge in [0.2, 0.25) is 0 Å². The largest absolute Gasteiger partial charge is 0.335 e. The standard InChI is InChI=1S/C16H15ClN2O/c1-19(16(20)12-8-9-18-15(17)10-12)14-7-6-11-4-2-3-5-13(11)14/h2-5,8-10,14H,6-7H2,1H3/t14-/m0/s1. The van der Waals surface area contributed by atoms with Gasteiger partial charge < -0.3 is 4.90 Å². The molecule has 1 aromatic carbocycles. The zero-order valence-electron chi connectivity index (χ0n) is 11.2. The molecule has 1 amide bonds. The van der Waals surface area contributed by atoms with Gasteiger partial charge in [0, 0.05) is 18.8 Å². The third-order valence-electron chi connectivity index (χ3n) is 3.86. The van der Waals surface area contributed by atoms with Gasteiger partial charge in [-0.1, -0.05) is 35.9 Å². The Morgan fingerprint density at radius 2 is 2.15 bits per heavy atom. The number of aromatic nitrogens is 1. The molecule has 0 saturated heterocycles. The molecular formula is C16H15ClN2O. The summed E-state index contributed by atoms with van der Waals surface area (Å²) in [7, 11) is 1.85. The zero-order valence-corrected chi connectivity index (χ0v) is 12.0. The number of benzene rings is 1. The Bertz CT molecular complexity index is 656. The molecule has 2 aromatic rings. The summed E-state index contributed by atoms with van der Waals surface area (Å²) in [6.07, 6.45) is 3.56. The molecule has 1 aliphatic carbocycles. The van der Waals surface area contributed by atoms with E-state index >= 15 is 0 Å². The van der Waals surface area contributed by atoms with Gasteiger partial charge in [-0.2, -0.15) is 0 Å². The molecule has 1 atom stereocenters. The summed E-state index contributed by atoms with van der Waals surface area (Å²) in [5.74, 6) is -0.0176. The van der Waals surface area contributed by atoms with Gasteiger partial charge in [-0.05, 0) is 36.1 Å². The summed E-state index contributed by atoms with van der Waals surface area (Å²) >= 11 is 5.85. The molecule has 4 heteroatoms. The van der Waals surface area contributed by atoms with E-state index in [-0.39, 0.29) is 11.9 Å². The fraction of sp³-hybridized carbons (Fsp3) is 0.250. The lowest BCUT2D eigenvalue weighted by molar-refractivity contribution is 0.0730. The first-order valence-electron chi connectivity index (χ1n) is 6.63. The van der Waals surface area contributed by atoms with Gasteiger partial charge >= 0.3 is 0 Å². The minimum absolute atomic E-state index is 0.0176. The quantitative estimate of drug-likeness (QED) is 0.792. The van der Waals surface area contributed by atoms with Gasteiger partial charge in [0.05, 0.1) is 6.04 Å². The molecule has 0 aliphatic heterocycles. The van der Waals surface area contributed by atoms with Crippen LogP contribution >= 0.6 is 11.6 Å². The monoisotopic (exact) mass is 286 g/mol. The first-order valence-corrected chi connectivity index (χ1v) is 7.01. The predicted molar refractivity (Wildman–Crippen MR) is 78.8 cm³/mol. The van der Waals surface area contributed by atoms with Crippen LogP contribution in [0.2, 0.25) is 5.15 Å². The summed E-state index contributed by atoms with van der Waals surface area (Å²) in [6.45, 7) is 0. The van der Waals surface area contributed by atoms with Crippen LogP contribution in [0.4, 0.5) is 0 Å². The molecule has 0 unspecified atom stereocenters. The highest BCUT2D eigenvalue weighted by molar-refractivity contribution is 6.29. The average Bonchev–Trinajstić information content (AvgIpc) is 2.89. The Morgan fingerprint density at radius 1 is 1.35 bits per heavy atom. The van der Waals surface area contributed by atoms with Crippen LogP contribution in [0.3, 0.4) is 0 Å². The summed E-state index contributed by atoms with van der Waals surface area (Å²) in [6, 6.07) is 11.8. The Balaban J connectivity index is 1.87. The number of halogens is 1. The van der Waals surface area contributed by atoms with Crippen LogP contribution in [0.5, 0.6) is 0 Å². The van der Waals surface area contributed by atoms with Crippen molar-refractivity contribution >= 4 is 17.5 Å². The van der Waals surface area contributed by atoms with Crippen molar-refractivity contribution in [2.24, 2.45) is 0 Å². The molecule has 0 saturated carbocycles. The van der Waals surface area contributed by atoms with Gasteiger partial charge in [-0.15, -0.1) is 0 Å². The summed E-state index contributed by atoms with van der Waals surface area (Å²) in [4.78, 5) is 18.2. The maximum Gasteiger partial charge on any atom is 0.254 e. The van der Waals surface area contributed by atoms with Gasteiger partial charge in [0.15, 0.2) is 0 Å². The number of fused-ring (bicyclic) bond motifs is 1. The second-order valence-corrected chi connectivity index (χ2v) is 5.42. The van der Waals surface area contributed by atoms with Crippen LogP contribution in [-0.4, -0.2) is 22.8 Å². The molecule has 0 fully saturated rings. The second-order valence-electron chi connectivity index (χ2n) is 5.04. The minimum atomic E-state index is -0.0176. The number of hydrogen-bond acceptors (Lipinski definition) is 2. The average molecular weight is 287 g/mol. The van der Waals surface area contributed by atoms with Crippen LogP contribution in [0.1, 0.15) is 33.9 Å². The molecule has 0 radical (unpaired) electrons. The van der Waals surface area contributed by atoms with Crippen molar-refractivity contribution in [3.8, 4) is 0 Å². The van der Waals surface area contributed by atoms with Gasteiger partial charge in [0.25, 0.3) is 5.91 Å². The highest BCUT2D eigenvalue weighted by atomic mass is 35.5. The fourth-order valence-corrected chi connectivity index (χ4v) is 2.99. The lowest BCUT2D eigenvalue weighted by atomic mass is 10.1. The Morgan fingerprint density at radius 3 is 2.95 bits per heavy atom. The van der Waals surface area contributed by atoms with Crippen LogP contribution in [0, 0.1) is 0 Å². The van der Waals surface area contributed by atoms with E-state index in [1.165, 1.54) is 11.1 Å². The summed E-state index contributed by atoms with van der Waals surface area (Å²) in [5.41, 5.74) is 3.17. The number of aryl methyl sites for hydroxylation is 1. The number of pyridine rings is 1. The van der Waals surface area contributed by atoms with Crippen LogP contribution in [0.15, 0.2) is 42.6 Å². The highest BCUT2D eigenvalue weighted by Gasteiger charge is 2.28. The number of rotatable bonds is 2. The first kappa shape index (κ1) is 13.1. The van der Waals surface area contributed by atoms with E-state index in [1.54, 1.807) is 23.2 Å². The molecule has 0 spiro atoms. The van der Waals surface area contributed by atoms with E-state index in [9.17, 15) is 4.79 Å². The third kappa shape index (κ3) is 2.29. The van der Waals surface area contributed by atoms with E-state index in [0.29, 0.717) is 10.7 Å². The zero-order chi connectivity index (χ0) is 14.1. The molecule has 1 aromatic heterocycles. The highest BCUT2D eigenvalue weighted by Crippen LogP contribution is 2.35. The molecular weight excluding hydrogens is 272 g/mol. The van der Waals surface area contributed by atoms with Gasteiger partial charge in [-0.25, -0.2) is 4.98 Å². The SMILES string of the molecule is CN(C(=O)c1ccnc(Cl)c1)[C@H]1CCc2ccccc21. The maximum absolute atomic E-state index is 12.5. The van der Waals surface area contributed by atoms with Crippen LogP contribution < -0.4 is 0 Å². The fourth-order valence-electron chi connectivity index (χ4n) is 2.82. The van der Waals surface area contributed by atoms with Crippen molar-refractivity contribution in [2.45, 2.75) is 18.9 Å². The van der Waals surface area contributed by atoms with Crippen LogP contribution in [-0.2, 0) is 6.42 Å². The van der Waals surface area contributed by atoms with Crippen molar-refractivity contribution < 1.29 is 4.79 Å². The van der Waals surface area contributed by atoms with Crippen molar-refractivity contribution in [1.82, 2.24) is 9.88 Å². The van der Waals surface area contributed by atoms with E-state index in [0.717, 1.165) is 12.8 Å². The molecule has 3 nitrogen and oxygen atoms in total. The predicted octanol–water partition coefficient (Wildman–Crippen LogP) is 3.49.